The highest BCUT2D eigenvalue weighted by Gasteiger charge is 2.32. The quantitative estimate of drug-likeness (QED) is 0.773. The first-order valence-electron chi connectivity index (χ1n) is 8.96. The van der Waals surface area contributed by atoms with Crippen LogP contribution in [0.15, 0.2) is 36.7 Å². The monoisotopic (exact) mass is 358 g/mol. The van der Waals surface area contributed by atoms with Gasteiger partial charge in [0, 0.05) is 37.6 Å². The van der Waals surface area contributed by atoms with Crippen LogP contribution in [-0.4, -0.2) is 48.0 Å². The fourth-order valence-corrected chi connectivity index (χ4v) is 3.40. The average Bonchev–Trinajstić information content (AvgIpc) is 3.36. The van der Waals surface area contributed by atoms with E-state index in [1.54, 1.807) is 20.4 Å². The molecule has 7 nitrogen and oxygen atoms in total. The molecule has 3 rings (SSSR count). The number of aromatic nitrogens is 2. The number of likely N-dealkylation sites (tertiary alicyclic amines) is 1. The molecule has 1 aromatic heterocycles. The van der Waals surface area contributed by atoms with E-state index in [-0.39, 0.29) is 12.1 Å². The Morgan fingerprint density at radius 2 is 2.23 bits per heavy atom. The Bertz CT molecular complexity index is 718. The van der Waals surface area contributed by atoms with E-state index < -0.39 is 0 Å². The first-order chi connectivity index (χ1) is 12.7. The molecular weight excluding hydrogens is 332 g/mol. The van der Waals surface area contributed by atoms with E-state index in [0.29, 0.717) is 6.54 Å². The fraction of sp³-hybridized carbons (Fsp3) is 0.474. The third-order valence-electron chi connectivity index (χ3n) is 4.71. The first kappa shape index (κ1) is 18.1. The van der Waals surface area contributed by atoms with Gasteiger partial charge in [0.1, 0.15) is 11.5 Å². The predicted molar refractivity (Wildman–Crippen MR) is 98.5 cm³/mol. The van der Waals surface area contributed by atoms with Crippen molar-refractivity contribution >= 4 is 6.03 Å². The highest BCUT2D eigenvalue weighted by Crippen LogP contribution is 2.38. The molecule has 1 N–H and O–H groups in total. The van der Waals surface area contributed by atoms with Crippen LogP contribution in [0.25, 0.3) is 0 Å². The molecular formula is C19H26N4O3. The second kappa shape index (κ2) is 8.60. The summed E-state index contributed by atoms with van der Waals surface area (Å²) in [6, 6.07) is 7.61. The molecule has 7 heteroatoms. The van der Waals surface area contributed by atoms with Crippen LogP contribution in [0.2, 0.25) is 0 Å². The number of amides is 2. The number of benzene rings is 1. The zero-order chi connectivity index (χ0) is 18.4. The maximum atomic E-state index is 12.7. The minimum Gasteiger partial charge on any atom is -0.497 e. The van der Waals surface area contributed by atoms with Gasteiger partial charge in [0.15, 0.2) is 0 Å². The maximum absolute atomic E-state index is 12.7. The summed E-state index contributed by atoms with van der Waals surface area (Å²) in [5, 5.41) is 7.19. The van der Waals surface area contributed by atoms with E-state index in [1.165, 1.54) is 0 Å². The summed E-state index contributed by atoms with van der Waals surface area (Å²) >= 11 is 0. The number of nitrogens with one attached hydrogen (secondary N) is 1. The number of ether oxygens (including phenoxy) is 2. The number of methoxy groups -OCH3 is 2. The van der Waals surface area contributed by atoms with Crippen LogP contribution >= 0.6 is 0 Å². The Kier molecular flexibility index (Phi) is 5.99. The lowest BCUT2D eigenvalue weighted by atomic mass is 10.0. The van der Waals surface area contributed by atoms with E-state index in [2.05, 4.69) is 10.4 Å². The minimum atomic E-state index is -0.0298. The number of hydrogen-bond acceptors (Lipinski definition) is 4. The third kappa shape index (κ3) is 4.09. The van der Waals surface area contributed by atoms with Crippen molar-refractivity contribution in [3.63, 3.8) is 0 Å². The van der Waals surface area contributed by atoms with Crippen molar-refractivity contribution in [2.24, 2.45) is 0 Å². The summed E-state index contributed by atoms with van der Waals surface area (Å²) < 4.78 is 12.7. The molecule has 140 valence electrons. The SMILES string of the molecule is COc1ccc(OC)c(C2CCCN2C(=O)NCCCn2cccn2)c1. The van der Waals surface area contributed by atoms with E-state index in [4.69, 9.17) is 9.47 Å². The predicted octanol–water partition coefficient (Wildman–Crippen LogP) is 2.84. The van der Waals surface area contributed by atoms with Gasteiger partial charge < -0.3 is 19.7 Å². The zero-order valence-corrected chi connectivity index (χ0v) is 15.4. The van der Waals surface area contributed by atoms with Gasteiger partial charge in [-0.3, -0.25) is 4.68 Å². The highest BCUT2D eigenvalue weighted by molar-refractivity contribution is 5.75. The second-order valence-electron chi connectivity index (χ2n) is 6.31. The van der Waals surface area contributed by atoms with Gasteiger partial charge in [-0.05, 0) is 43.5 Å². The van der Waals surface area contributed by atoms with Gasteiger partial charge in [-0.15, -0.1) is 0 Å². The molecule has 26 heavy (non-hydrogen) atoms. The fourth-order valence-electron chi connectivity index (χ4n) is 3.40. The Morgan fingerprint density at radius 1 is 1.35 bits per heavy atom. The number of aryl methyl sites for hydroxylation is 1. The molecule has 2 heterocycles. The molecule has 1 fully saturated rings. The van der Waals surface area contributed by atoms with Crippen molar-refractivity contribution < 1.29 is 14.3 Å². The topological polar surface area (TPSA) is 68.6 Å². The van der Waals surface area contributed by atoms with Gasteiger partial charge >= 0.3 is 6.03 Å². The normalized spacial score (nSPS) is 16.5. The van der Waals surface area contributed by atoms with Crippen LogP contribution in [0.3, 0.4) is 0 Å². The maximum Gasteiger partial charge on any atom is 0.317 e. The van der Waals surface area contributed by atoms with Gasteiger partial charge in [-0.1, -0.05) is 0 Å². The van der Waals surface area contributed by atoms with Crippen LogP contribution in [0.5, 0.6) is 11.5 Å². The van der Waals surface area contributed by atoms with E-state index >= 15 is 0 Å². The minimum absolute atomic E-state index is 0.00571. The summed E-state index contributed by atoms with van der Waals surface area (Å²) in [5.41, 5.74) is 0.996. The molecule has 0 aliphatic carbocycles. The van der Waals surface area contributed by atoms with Gasteiger partial charge in [0.25, 0.3) is 0 Å². The molecule has 0 bridgehead atoms. The molecule has 1 saturated heterocycles. The van der Waals surface area contributed by atoms with Crippen LogP contribution in [0.1, 0.15) is 30.9 Å². The van der Waals surface area contributed by atoms with Gasteiger partial charge in [0.2, 0.25) is 0 Å². The Morgan fingerprint density at radius 3 is 2.96 bits per heavy atom. The average molecular weight is 358 g/mol. The van der Waals surface area contributed by atoms with Crippen LogP contribution in [0, 0.1) is 0 Å². The molecule has 2 amide bonds. The second-order valence-corrected chi connectivity index (χ2v) is 6.31. The number of nitrogens with zero attached hydrogens (tertiary/aromatic N) is 3. The molecule has 1 aromatic carbocycles. The zero-order valence-electron chi connectivity index (χ0n) is 15.4. The summed E-state index contributed by atoms with van der Waals surface area (Å²) in [5.74, 6) is 1.56. The van der Waals surface area contributed by atoms with Gasteiger partial charge in [-0.2, -0.15) is 5.10 Å². The number of rotatable bonds is 7. The van der Waals surface area contributed by atoms with E-state index in [0.717, 1.165) is 49.4 Å². The van der Waals surface area contributed by atoms with Crippen LogP contribution in [-0.2, 0) is 6.54 Å². The third-order valence-corrected chi connectivity index (χ3v) is 4.71. The lowest BCUT2D eigenvalue weighted by Crippen LogP contribution is -2.40. The van der Waals surface area contributed by atoms with Crippen molar-refractivity contribution in [1.29, 1.82) is 0 Å². The molecule has 1 unspecified atom stereocenters. The van der Waals surface area contributed by atoms with Gasteiger partial charge in [0.05, 0.1) is 20.3 Å². The molecule has 0 radical (unpaired) electrons. The molecule has 1 aliphatic rings. The molecule has 2 aromatic rings. The van der Waals surface area contributed by atoms with Crippen LogP contribution in [0.4, 0.5) is 4.79 Å². The summed E-state index contributed by atoms with van der Waals surface area (Å²) in [7, 11) is 3.30. The largest absolute Gasteiger partial charge is 0.497 e. The van der Waals surface area contributed by atoms with Crippen LogP contribution < -0.4 is 14.8 Å². The summed E-state index contributed by atoms with van der Waals surface area (Å²) in [4.78, 5) is 14.6. The number of hydrogen-bond donors (Lipinski definition) is 1. The van der Waals surface area contributed by atoms with E-state index in [1.807, 2.05) is 40.0 Å². The smallest absolute Gasteiger partial charge is 0.317 e. The number of carbonyl (C=O) groups is 1. The number of urea groups is 1. The van der Waals surface area contributed by atoms with Gasteiger partial charge in [-0.25, -0.2) is 4.79 Å². The summed E-state index contributed by atoms with van der Waals surface area (Å²) in [6.07, 6.45) is 6.42. The number of carbonyl (C=O) groups excluding carboxylic acids is 1. The standard InChI is InChI=1S/C19H26N4O3/c1-25-15-7-8-18(26-2)16(14-15)17-6-3-13-23(17)19(24)20-9-4-11-22-12-5-10-21-22/h5,7-8,10,12,14,17H,3-4,6,9,11,13H2,1-2H3,(H,20,24). The molecule has 1 aliphatic heterocycles. The lowest BCUT2D eigenvalue weighted by Gasteiger charge is -2.27. The van der Waals surface area contributed by atoms with Crippen molar-refractivity contribution in [2.75, 3.05) is 27.3 Å². The molecule has 0 spiro atoms. The molecule has 0 saturated carbocycles. The Hall–Kier alpha value is -2.70. The Labute approximate surface area is 153 Å². The van der Waals surface area contributed by atoms with Crippen molar-refractivity contribution in [1.82, 2.24) is 20.0 Å². The van der Waals surface area contributed by atoms with Crippen molar-refractivity contribution in [3.8, 4) is 11.5 Å². The Balaban J connectivity index is 1.61. The lowest BCUT2D eigenvalue weighted by molar-refractivity contribution is 0.191. The highest BCUT2D eigenvalue weighted by atomic mass is 16.5. The van der Waals surface area contributed by atoms with Crippen molar-refractivity contribution in [2.45, 2.75) is 31.8 Å². The van der Waals surface area contributed by atoms with Crippen molar-refractivity contribution in [3.05, 3.63) is 42.2 Å². The summed E-state index contributed by atoms with van der Waals surface area (Å²) in [6.45, 7) is 2.16. The molecule has 1 atom stereocenters. The first-order valence-corrected chi connectivity index (χ1v) is 8.96. The van der Waals surface area contributed by atoms with E-state index in [9.17, 15) is 4.79 Å².